The first-order valence-corrected chi connectivity index (χ1v) is 10.3. The summed E-state index contributed by atoms with van der Waals surface area (Å²) in [6.07, 6.45) is 1.83. The molecule has 0 radical (unpaired) electrons. The molecule has 0 spiro atoms. The molecule has 11 heteroatoms. The summed E-state index contributed by atoms with van der Waals surface area (Å²) in [6, 6.07) is 4.58. The number of fused-ring (bicyclic) bond motifs is 3. The van der Waals surface area contributed by atoms with Crippen molar-refractivity contribution in [2.75, 3.05) is 13.1 Å². The van der Waals surface area contributed by atoms with E-state index >= 15 is 0 Å². The minimum Gasteiger partial charge on any atom is -0.535 e. The van der Waals surface area contributed by atoms with Gasteiger partial charge in [0.25, 0.3) is 0 Å². The van der Waals surface area contributed by atoms with Crippen LogP contribution in [0.2, 0.25) is 5.82 Å². The van der Waals surface area contributed by atoms with Crippen molar-refractivity contribution in [1.82, 2.24) is 9.47 Å². The summed E-state index contributed by atoms with van der Waals surface area (Å²) >= 11 is 0. The van der Waals surface area contributed by atoms with E-state index in [1.165, 1.54) is 16.8 Å². The summed E-state index contributed by atoms with van der Waals surface area (Å²) in [4.78, 5) is 37.5. The summed E-state index contributed by atoms with van der Waals surface area (Å²) in [5, 5.41) is 29.5. The average Bonchev–Trinajstić information content (AvgIpc) is 3.52. The van der Waals surface area contributed by atoms with E-state index in [-0.39, 0.29) is 66.2 Å². The first kappa shape index (κ1) is 20.4. The molecule has 2 atom stereocenters. The fourth-order valence-electron chi connectivity index (χ4n) is 4.37. The van der Waals surface area contributed by atoms with E-state index in [0.29, 0.717) is 5.69 Å². The zero-order valence-corrected chi connectivity index (χ0v) is 17.2. The molecule has 3 aliphatic rings. The highest BCUT2D eigenvalue weighted by Crippen LogP contribution is 2.60. The SMILES string of the molecule is Cc1c(O)c(=O)ccn1CC(=O)N1CC(Oc2ccc3c(c2C(=O)O)OB(O)[C@H]2C[C@@H]32)C1. The molecule has 5 rings (SSSR count). The van der Waals surface area contributed by atoms with Gasteiger partial charge >= 0.3 is 13.1 Å². The van der Waals surface area contributed by atoms with Crippen molar-refractivity contribution in [2.24, 2.45) is 0 Å². The molecule has 1 aliphatic carbocycles. The standard InChI is InChI=1S/C21H21BN2O8/c1-10-19(27)15(25)4-5-23(10)9-17(26)24-7-11(8-24)31-16-3-2-12-13-6-14(13)22(30)32-20(12)18(16)21(28)29/h2-5,11,13-14,27,30H,6-9H2,1H3,(H,28,29)/t13-,14-/m0/s1. The number of carbonyl (C=O) groups excluding carboxylic acids is 1. The molecular weight excluding hydrogens is 419 g/mol. The van der Waals surface area contributed by atoms with Gasteiger partial charge in [0.05, 0.1) is 18.8 Å². The van der Waals surface area contributed by atoms with Gasteiger partial charge in [0, 0.05) is 18.1 Å². The molecule has 0 unspecified atom stereocenters. The molecule has 1 aromatic carbocycles. The summed E-state index contributed by atoms with van der Waals surface area (Å²) in [5.74, 6) is -1.40. The van der Waals surface area contributed by atoms with Gasteiger partial charge in [0.1, 0.15) is 29.7 Å². The van der Waals surface area contributed by atoms with E-state index in [1.54, 1.807) is 24.0 Å². The lowest BCUT2D eigenvalue weighted by atomic mass is 9.77. The fourth-order valence-corrected chi connectivity index (χ4v) is 4.37. The van der Waals surface area contributed by atoms with Crippen LogP contribution in [0.3, 0.4) is 0 Å². The molecule has 2 aliphatic heterocycles. The fraction of sp³-hybridized carbons (Fsp3) is 0.381. The van der Waals surface area contributed by atoms with E-state index in [0.717, 1.165) is 12.0 Å². The number of aromatic nitrogens is 1. The molecule has 10 nitrogen and oxygen atoms in total. The molecule has 32 heavy (non-hydrogen) atoms. The lowest BCUT2D eigenvalue weighted by Gasteiger charge is -2.39. The number of aromatic carboxylic acids is 1. The molecule has 3 N–H and O–H groups in total. The number of carbonyl (C=O) groups is 2. The van der Waals surface area contributed by atoms with Crippen LogP contribution >= 0.6 is 0 Å². The van der Waals surface area contributed by atoms with Gasteiger partial charge in [-0.15, -0.1) is 0 Å². The maximum Gasteiger partial charge on any atom is 0.526 e. The van der Waals surface area contributed by atoms with Crippen LogP contribution in [0.25, 0.3) is 0 Å². The van der Waals surface area contributed by atoms with Gasteiger partial charge in [-0.05, 0) is 30.9 Å². The zero-order chi connectivity index (χ0) is 22.7. The van der Waals surface area contributed by atoms with Gasteiger partial charge in [-0.1, -0.05) is 6.07 Å². The number of carboxylic acid groups (broad SMARTS) is 1. The third-order valence-electron chi connectivity index (χ3n) is 6.42. The number of hydrogen-bond donors (Lipinski definition) is 3. The number of ether oxygens (including phenoxy) is 1. The van der Waals surface area contributed by atoms with Gasteiger partial charge in [-0.25, -0.2) is 4.79 Å². The summed E-state index contributed by atoms with van der Waals surface area (Å²) in [5.41, 5.74) is 0.460. The van der Waals surface area contributed by atoms with Crippen LogP contribution in [-0.2, 0) is 11.3 Å². The van der Waals surface area contributed by atoms with Crippen LogP contribution in [0.15, 0.2) is 29.2 Å². The molecular formula is C21H21BN2O8. The molecule has 1 saturated heterocycles. The number of rotatable bonds is 5. The van der Waals surface area contributed by atoms with E-state index < -0.39 is 18.5 Å². The Morgan fingerprint density at radius 2 is 2.03 bits per heavy atom. The van der Waals surface area contributed by atoms with E-state index in [2.05, 4.69) is 0 Å². The van der Waals surface area contributed by atoms with Crippen LogP contribution in [0, 0.1) is 6.92 Å². The summed E-state index contributed by atoms with van der Waals surface area (Å²) in [6.45, 7) is 2.06. The molecule has 1 saturated carbocycles. The number of benzene rings is 1. The van der Waals surface area contributed by atoms with E-state index in [4.69, 9.17) is 9.39 Å². The van der Waals surface area contributed by atoms with Crippen molar-refractivity contribution in [3.8, 4) is 17.2 Å². The first-order chi connectivity index (χ1) is 15.2. The Kier molecular flexibility index (Phi) is 4.66. The second kappa shape index (κ2) is 7.30. The Bertz CT molecular complexity index is 1190. The Morgan fingerprint density at radius 3 is 2.75 bits per heavy atom. The maximum absolute atomic E-state index is 12.5. The third kappa shape index (κ3) is 3.29. The predicted octanol–water partition coefficient (Wildman–Crippen LogP) is 0.581. The van der Waals surface area contributed by atoms with Crippen molar-refractivity contribution in [3.63, 3.8) is 0 Å². The smallest absolute Gasteiger partial charge is 0.526 e. The molecule has 1 aromatic heterocycles. The summed E-state index contributed by atoms with van der Waals surface area (Å²) in [7, 11) is -1.02. The van der Waals surface area contributed by atoms with Crippen LogP contribution in [0.5, 0.6) is 17.2 Å². The normalized spacial score (nSPS) is 21.2. The summed E-state index contributed by atoms with van der Waals surface area (Å²) < 4.78 is 12.8. The van der Waals surface area contributed by atoms with Crippen molar-refractivity contribution in [1.29, 1.82) is 0 Å². The monoisotopic (exact) mass is 440 g/mol. The van der Waals surface area contributed by atoms with Crippen LogP contribution in [-0.4, -0.2) is 62.9 Å². The van der Waals surface area contributed by atoms with Crippen molar-refractivity contribution in [2.45, 2.75) is 37.7 Å². The quantitative estimate of drug-likeness (QED) is 0.574. The van der Waals surface area contributed by atoms with Crippen LogP contribution < -0.4 is 14.8 Å². The largest absolute Gasteiger partial charge is 0.535 e. The topological polar surface area (TPSA) is 139 Å². The molecule has 2 aromatic rings. The molecule has 2 fully saturated rings. The van der Waals surface area contributed by atoms with Crippen molar-refractivity contribution in [3.05, 3.63) is 51.4 Å². The molecule has 3 heterocycles. The van der Waals surface area contributed by atoms with Crippen molar-refractivity contribution >= 4 is 19.0 Å². The number of hydrogen-bond acceptors (Lipinski definition) is 7. The number of likely N-dealkylation sites (tertiary alicyclic amines) is 1. The Hall–Kier alpha value is -3.47. The van der Waals surface area contributed by atoms with Gasteiger partial charge < -0.3 is 34.1 Å². The molecule has 0 bridgehead atoms. The lowest BCUT2D eigenvalue weighted by molar-refractivity contribution is -0.140. The number of pyridine rings is 1. The van der Waals surface area contributed by atoms with Crippen molar-refractivity contribution < 1.29 is 34.2 Å². The Morgan fingerprint density at radius 1 is 1.28 bits per heavy atom. The number of nitrogens with zero attached hydrogens (tertiary/aromatic N) is 2. The second-order valence-electron chi connectivity index (χ2n) is 8.46. The third-order valence-corrected chi connectivity index (χ3v) is 6.42. The van der Waals surface area contributed by atoms with Crippen LogP contribution in [0.1, 0.15) is 34.0 Å². The Balaban J connectivity index is 1.26. The highest BCUT2D eigenvalue weighted by molar-refractivity contribution is 6.48. The van der Waals surface area contributed by atoms with E-state index in [1.807, 2.05) is 0 Å². The van der Waals surface area contributed by atoms with Gasteiger partial charge in [0.15, 0.2) is 5.75 Å². The highest BCUT2D eigenvalue weighted by atomic mass is 16.5. The Labute approximate surface area is 182 Å². The number of aromatic hydroxyl groups is 1. The number of carboxylic acids is 1. The number of amides is 1. The molecule has 166 valence electrons. The minimum absolute atomic E-state index is 0.00961. The van der Waals surface area contributed by atoms with Gasteiger partial charge in [0.2, 0.25) is 11.3 Å². The second-order valence-corrected chi connectivity index (χ2v) is 8.46. The zero-order valence-electron chi connectivity index (χ0n) is 17.2. The van der Waals surface area contributed by atoms with Gasteiger partial charge in [-0.2, -0.15) is 0 Å². The lowest BCUT2D eigenvalue weighted by Crippen LogP contribution is -2.57. The molecule has 1 amide bonds. The minimum atomic E-state index is -1.20. The maximum atomic E-state index is 12.5. The average molecular weight is 440 g/mol. The van der Waals surface area contributed by atoms with E-state index in [9.17, 15) is 29.6 Å². The first-order valence-electron chi connectivity index (χ1n) is 10.3. The van der Waals surface area contributed by atoms with Gasteiger partial charge in [-0.3, -0.25) is 9.59 Å². The predicted molar refractivity (Wildman–Crippen MR) is 111 cm³/mol. The van der Waals surface area contributed by atoms with Crippen LogP contribution in [0.4, 0.5) is 0 Å². The highest BCUT2D eigenvalue weighted by Gasteiger charge is 2.54.